The van der Waals surface area contributed by atoms with Gasteiger partial charge >= 0.3 is 0 Å². The van der Waals surface area contributed by atoms with Crippen LogP contribution in [-0.2, 0) is 47.7 Å². The predicted octanol–water partition coefficient (Wildman–Crippen LogP) is -3.16. The summed E-state index contributed by atoms with van der Waals surface area (Å²) in [6.45, 7) is 3.13. The highest BCUT2D eigenvalue weighted by Crippen LogP contribution is 2.11. The Kier molecular flexibility index (Phi) is 31.4. The molecule has 13 N–H and O–H groups in total. The van der Waals surface area contributed by atoms with Gasteiger partial charge < -0.3 is 68.5 Å². The maximum atomic E-state index is 12.8. The van der Waals surface area contributed by atoms with Crippen LogP contribution in [0.4, 0.5) is 0 Å². The van der Waals surface area contributed by atoms with Gasteiger partial charge in [-0.05, 0) is 58.0 Å². The van der Waals surface area contributed by atoms with E-state index in [1.807, 2.05) is 0 Å². The lowest BCUT2D eigenvalue weighted by molar-refractivity contribution is -0.129. The van der Waals surface area contributed by atoms with Gasteiger partial charge in [0.25, 0.3) is 0 Å². The predicted molar refractivity (Wildman–Crippen MR) is 188 cm³/mol. The van der Waals surface area contributed by atoms with Crippen LogP contribution in [0, 0.1) is 5.92 Å². The summed E-state index contributed by atoms with van der Waals surface area (Å²) in [5.41, 5.74) is 21.7. The largest absolute Gasteiger partial charge is 0.377 e. The van der Waals surface area contributed by atoms with Crippen LogP contribution in [0.5, 0.6) is 0 Å². The number of hydrogen-bond acceptors (Lipinski definition) is 13. The standard InChI is InChI=1S/C32H63N9O10/c33-11-3-1-7-26(32(47)39-13-4-2-6-25(10-12-34)31(36)46)41-28(43)9-5-8-27(42)37-14-16-48-18-20-50-22-29(44)38-15-17-49-19-21-51-23-30(45)40-24-35/h25-26H,1-24,33-35H2,(H2,36,46)(H,37,42)(H,38,44)(H,39,47)(H,40,45)(H,41,43)/t25-,26+/m1/s1. The maximum absolute atomic E-state index is 12.8. The smallest absolute Gasteiger partial charge is 0.246 e. The number of nitrogens with one attached hydrogen (secondary N) is 5. The van der Waals surface area contributed by atoms with Crippen LogP contribution in [0.1, 0.15) is 64.2 Å². The minimum absolute atomic E-state index is 0.0501. The lowest BCUT2D eigenvalue weighted by atomic mass is 9.98. The number of amides is 6. The van der Waals surface area contributed by atoms with E-state index in [1.54, 1.807) is 0 Å². The van der Waals surface area contributed by atoms with Crippen LogP contribution in [0.15, 0.2) is 0 Å². The van der Waals surface area contributed by atoms with Gasteiger partial charge in [-0.25, -0.2) is 0 Å². The topological polar surface area (TPSA) is 304 Å². The molecule has 19 heteroatoms. The van der Waals surface area contributed by atoms with E-state index in [-0.39, 0.29) is 120 Å². The maximum Gasteiger partial charge on any atom is 0.246 e. The zero-order valence-corrected chi connectivity index (χ0v) is 30.0. The number of nitrogens with two attached hydrogens (primary N) is 4. The second kappa shape index (κ2) is 33.7. The summed E-state index contributed by atoms with van der Waals surface area (Å²) in [5.74, 6) is -2.08. The van der Waals surface area contributed by atoms with Crippen molar-refractivity contribution < 1.29 is 47.7 Å². The molecule has 0 aromatic rings. The molecule has 0 aliphatic rings. The third-order valence-electron chi connectivity index (χ3n) is 7.25. The Labute approximate surface area is 301 Å². The van der Waals surface area contributed by atoms with Crippen molar-refractivity contribution in [3.8, 4) is 0 Å². The number of ether oxygens (including phenoxy) is 4. The highest BCUT2D eigenvalue weighted by Gasteiger charge is 2.20. The molecule has 0 spiro atoms. The molecule has 296 valence electrons. The first kappa shape index (κ1) is 47.5. The molecule has 0 saturated carbocycles. The first-order valence-corrected chi connectivity index (χ1v) is 17.7. The van der Waals surface area contributed by atoms with E-state index in [4.69, 9.17) is 41.9 Å². The Morgan fingerprint density at radius 2 is 1.08 bits per heavy atom. The molecule has 0 aromatic heterocycles. The third kappa shape index (κ3) is 29.9. The van der Waals surface area contributed by atoms with Crippen molar-refractivity contribution in [3.05, 3.63) is 0 Å². The number of unbranched alkanes of at least 4 members (excludes halogenated alkanes) is 2. The first-order valence-electron chi connectivity index (χ1n) is 17.7. The van der Waals surface area contributed by atoms with Crippen LogP contribution in [0.25, 0.3) is 0 Å². The molecule has 0 saturated heterocycles. The first-order chi connectivity index (χ1) is 24.6. The molecule has 0 radical (unpaired) electrons. The van der Waals surface area contributed by atoms with Crippen molar-refractivity contribution in [3.63, 3.8) is 0 Å². The Morgan fingerprint density at radius 3 is 1.67 bits per heavy atom. The highest BCUT2D eigenvalue weighted by atomic mass is 16.5. The Balaban J connectivity index is 3.96. The van der Waals surface area contributed by atoms with E-state index >= 15 is 0 Å². The number of carbonyl (C=O) groups is 6. The summed E-state index contributed by atoms with van der Waals surface area (Å²) < 4.78 is 21.0. The Hall–Kier alpha value is -3.46. The molecule has 0 unspecified atom stereocenters. The van der Waals surface area contributed by atoms with Crippen LogP contribution >= 0.6 is 0 Å². The molecule has 51 heavy (non-hydrogen) atoms. The summed E-state index contributed by atoms with van der Waals surface area (Å²) in [5, 5.41) is 13.4. The van der Waals surface area contributed by atoms with Crippen LogP contribution in [-0.4, -0.2) is 134 Å². The number of primary amides is 1. The van der Waals surface area contributed by atoms with Gasteiger partial charge in [0.2, 0.25) is 35.4 Å². The van der Waals surface area contributed by atoms with E-state index < -0.39 is 6.04 Å². The molecule has 0 rings (SSSR count). The summed E-state index contributed by atoms with van der Waals surface area (Å²) in [4.78, 5) is 71.8. The van der Waals surface area contributed by atoms with E-state index in [9.17, 15) is 28.8 Å². The molecular weight excluding hydrogens is 670 g/mol. The fourth-order valence-corrected chi connectivity index (χ4v) is 4.52. The van der Waals surface area contributed by atoms with Gasteiger partial charge in [0.1, 0.15) is 19.3 Å². The second-order valence-corrected chi connectivity index (χ2v) is 11.6. The summed E-state index contributed by atoms with van der Waals surface area (Å²) in [6, 6.07) is -0.703. The van der Waals surface area contributed by atoms with Gasteiger partial charge in [0.05, 0.1) is 46.3 Å². The molecule has 0 aromatic carbocycles. The number of rotatable bonds is 35. The van der Waals surface area contributed by atoms with Gasteiger partial charge in [0.15, 0.2) is 0 Å². The minimum atomic E-state index is -0.703. The lowest BCUT2D eigenvalue weighted by Crippen LogP contribution is -2.47. The Morgan fingerprint density at radius 1 is 0.510 bits per heavy atom. The van der Waals surface area contributed by atoms with Crippen molar-refractivity contribution in [1.29, 1.82) is 0 Å². The zero-order chi connectivity index (χ0) is 38.0. The molecule has 0 fully saturated rings. The normalized spacial score (nSPS) is 12.1. The van der Waals surface area contributed by atoms with Crippen LogP contribution in [0.2, 0.25) is 0 Å². The van der Waals surface area contributed by atoms with Gasteiger partial charge in [0, 0.05) is 38.4 Å². The fraction of sp³-hybridized carbons (Fsp3) is 0.812. The lowest BCUT2D eigenvalue weighted by Gasteiger charge is -2.19. The second-order valence-electron chi connectivity index (χ2n) is 11.6. The van der Waals surface area contributed by atoms with Gasteiger partial charge in [-0.2, -0.15) is 0 Å². The molecule has 0 heterocycles. The molecule has 0 bridgehead atoms. The zero-order valence-electron chi connectivity index (χ0n) is 30.0. The number of carbonyl (C=O) groups excluding carboxylic acids is 6. The SMILES string of the molecule is NCCCC[C@H](NC(=O)CCCC(=O)NCCOCCOCC(=O)NCCOCCOCC(=O)NCN)C(=O)NCCCC[C@H](CCN)C(N)=O. The fourth-order valence-electron chi connectivity index (χ4n) is 4.52. The van der Waals surface area contributed by atoms with Crippen LogP contribution in [0.3, 0.4) is 0 Å². The van der Waals surface area contributed by atoms with Crippen molar-refractivity contribution in [2.24, 2.45) is 28.9 Å². The Bertz CT molecular complexity index is 978. The van der Waals surface area contributed by atoms with Crippen LogP contribution < -0.4 is 49.5 Å². The van der Waals surface area contributed by atoms with Crippen molar-refractivity contribution in [1.82, 2.24) is 26.6 Å². The molecule has 0 aliphatic carbocycles. The average Bonchev–Trinajstić information content (AvgIpc) is 3.09. The summed E-state index contributed by atoms with van der Waals surface area (Å²) in [7, 11) is 0. The molecular formula is C32H63N9O10. The minimum Gasteiger partial charge on any atom is -0.377 e. The van der Waals surface area contributed by atoms with E-state index in [0.717, 1.165) is 6.42 Å². The average molecular weight is 734 g/mol. The van der Waals surface area contributed by atoms with E-state index in [1.165, 1.54) is 0 Å². The monoisotopic (exact) mass is 733 g/mol. The van der Waals surface area contributed by atoms with Gasteiger partial charge in [-0.3, -0.25) is 28.8 Å². The molecule has 6 amide bonds. The molecule has 2 atom stereocenters. The van der Waals surface area contributed by atoms with Gasteiger partial charge in [-0.1, -0.05) is 6.42 Å². The van der Waals surface area contributed by atoms with Crippen molar-refractivity contribution >= 4 is 35.4 Å². The van der Waals surface area contributed by atoms with Gasteiger partial charge in [-0.15, -0.1) is 0 Å². The summed E-state index contributed by atoms with van der Waals surface area (Å²) >= 11 is 0. The molecule has 19 nitrogen and oxygen atoms in total. The summed E-state index contributed by atoms with van der Waals surface area (Å²) in [6.07, 6.45) is 4.89. The van der Waals surface area contributed by atoms with E-state index in [0.29, 0.717) is 71.1 Å². The third-order valence-corrected chi connectivity index (χ3v) is 7.25. The number of hydrogen-bond donors (Lipinski definition) is 9. The highest BCUT2D eigenvalue weighted by molar-refractivity contribution is 5.87. The van der Waals surface area contributed by atoms with Crippen molar-refractivity contribution in [2.75, 3.05) is 92.2 Å². The quantitative estimate of drug-likeness (QED) is 0.0230. The van der Waals surface area contributed by atoms with E-state index in [2.05, 4.69) is 26.6 Å². The van der Waals surface area contributed by atoms with Crippen molar-refractivity contribution in [2.45, 2.75) is 70.3 Å². The molecule has 0 aliphatic heterocycles.